The average Bonchev–Trinajstić information content (AvgIpc) is 2.82. The summed E-state index contributed by atoms with van der Waals surface area (Å²) in [6, 6.07) is 23.7. The van der Waals surface area contributed by atoms with Crippen LogP contribution < -0.4 is 9.64 Å². The maximum Gasteiger partial charge on any atom is 0.258 e. The average molecular weight is 449 g/mol. The van der Waals surface area contributed by atoms with E-state index >= 15 is 0 Å². The zero-order chi connectivity index (χ0) is 22.5. The van der Waals surface area contributed by atoms with Crippen molar-refractivity contribution in [3.05, 3.63) is 94.5 Å². The van der Waals surface area contributed by atoms with Crippen molar-refractivity contribution >= 4 is 23.2 Å². The molecule has 1 aliphatic rings. The summed E-state index contributed by atoms with van der Waals surface area (Å²) >= 11 is 6.18. The number of rotatable bonds is 6. The van der Waals surface area contributed by atoms with E-state index in [9.17, 15) is 4.79 Å². The highest BCUT2D eigenvalue weighted by atomic mass is 35.5. The number of carbonyl (C=O) groups excluding carboxylic acids is 1. The second-order valence-electron chi connectivity index (χ2n) is 8.34. The molecule has 3 aromatic rings. The number of likely N-dealkylation sites (tertiary alicyclic amines) is 1. The summed E-state index contributed by atoms with van der Waals surface area (Å²) in [7, 11) is 1.71. The molecule has 166 valence electrons. The summed E-state index contributed by atoms with van der Waals surface area (Å²) in [6.45, 7) is 4.76. The number of nitrogens with zero attached hydrogens (tertiary/aromatic N) is 2. The Morgan fingerprint density at radius 1 is 1.03 bits per heavy atom. The van der Waals surface area contributed by atoms with Crippen molar-refractivity contribution in [1.82, 2.24) is 4.90 Å². The number of hydrogen-bond acceptors (Lipinski definition) is 3. The Morgan fingerprint density at radius 3 is 2.44 bits per heavy atom. The number of aryl methyl sites for hydroxylation is 1. The molecule has 0 saturated carbocycles. The van der Waals surface area contributed by atoms with Crippen molar-refractivity contribution < 1.29 is 9.53 Å². The standard InChI is InChI=1S/C27H29ClN2O2/c1-20-10-12-24(13-11-20)30(27(31)21-7-5-8-23(28)18-21)25-14-16-29(17-15-25)19-22-6-3-4-9-26(22)32-2/h3-13,18,25H,14-17,19H2,1-2H3. The number of amides is 1. The fraction of sp³-hybridized carbons (Fsp3) is 0.296. The number of ether oxygens (including phenoxy) is 1. The number of piperidine rings is 1. The summed E-state index contributed by atoms with van der Waals surface area (Å²) in [5.41, 5.74) is 3.92. The summed E-state index contributed by atoms with van der Waals surface area (Å²) in [6.07, 6.45) is 1.82. The van der Waals surface area contributed by atoms with E-state index in [-0.39, 0.29) is 11.9 Å². The van der Waals surface area contributed by atoms with Crippen LogP contribution in [-0.4, -0.2) is 37.0 Å². The molecule has 5 heteroatoms. The van der Waals surface area contributed by atoms with Crippen LogP contribution >= 0.6 is 11.6 Å². The van der Waals surface area contributed by atoms with Crippen molar-refractivity contribution in [2.45, 2.75) is 32.4 Å². The minimum atomic E-state index is -0.000434. The van der Waals surface area contributed by atoms with Gasteiger partial charge in [-0.2, -0.15) is 0 Å². The molecular weight excluding hydrogens is 420 g/mol. The van der Waals surface area contributed by atoms with Crippen molar-refractivity contribution in [3.63, 3.8) is 0 Å². The van der Waals surface area contributed by atoms with E-state index in [2.05, 4.69) is 30.0 Å². The predicted octanol–water partition coefficient (Wildman–Crippen LogP) is 5.97. The Bertz CT molecular complexity index is 1060. The summed E-state index contributed by atoms with van der Waals surface area (Å²) in [4.78, 5) is 18.0. The summed E-state index contributed by atoms with van der Waals surface area (Å²) in [5.74, 6) is 0.923. The van der Waals surface area contributed by atoms with Crippen LogP contribution in [0, 0.1) is 6.92 Å². The Kier molecular flexibility index (Phi) is 7.13. The van der Waals surface area contributed by atoms with Crippen molar-refractivity contribution in [1.29, 1.82) is 0 Å². The first kappa shape index (κ1) is 22.4. The maximum absolute atomic E-state index is 13.6. The van der Waals surface area contributed by atoms with Gasteiger partial charge < -0.3 is 9.64 Å². The van der Waals surface area contributed by atoms with Gasteiger partial charge in [-0.25, -0.2) is 0 Å². The fourth-order valence-corrected chi connectivity index (χ4v) is 4.56. The molecule has 1 saturated heterocycles. The lowest BCUT2D eigenvalue weighted by molar-refractivity contribution is 0.0958. The van der Waals surface area contributed by atoms with Crippen molar-refractivity contribution in [2.24, 2.45) is 0 Å². The molecule has 0 unspecified atom stereocenters. The van der Waals surface area contributed by atoms with Crippen LogP contribution in [0.5, 0.6) is 5.75 Å². The summed E-state index contributed by atoms with van der Waals surface area (Å²) in [5, 5.41) is 0.575. The maximum atomic E-state index is 13.6. The molecule has 4 nitrogen and oxygen atoms in total. The first-order chi connectivity index (χ1) is 15.5. The Labute approximate surface area is 195 Å². The normalized spacial score (nSPS) is 14.8. The molecule has 3 aromatic carbocycles. The number of anilines is 1. The molecule has 0 aromatic heterocycles. The minimum Gasteiger partial charge on any atom is -0.496 e. The smallest absolute Gasteiger partial charge is 0.258 e. The topological polar surface area (TPSA) is 32.8 Å². The van der Waals surface area contributed by atoms with Gasteiger partial charge in [-0.3, -0.25) is 9.69 Å². The fourth-order valence-electron chi connectivity index (χ4n) is 4.37. The molecule has 1 amide bonds. The van der Waals surface area contributed by atoms with Gasteiger partial charge in [-0.1, -0.05) is 53.6 Å². The molecule has 0 radical (unpaired) electrons. The molecular formula is C27H29ClN2O2. The third-order valence-electron chi connectivity index (χ3n) is 6.11. The zero-order valence-corrected chi connectivity index (χ0v) is 19.4. The van der Waals surface area contributed by atoms with Gasteiger partial charge in [0.15, 0.2) is 0 Å². The SMILES string of the molecule is COc1ccccc1CN1CCC(N(C(=O)c2cccc(Cl)c2)c2ccc(C)cc2)CC1. The number of hydrogen-bond donors (Lipinski definition) is 0. The lowest BCUT2D eigenvalue weighted by Crippen LogP contribution is -2.47. The van der Waals surface area contributed by atoms with Gasteiger partial charge >= 0.3 is 0 Å². The van der Waals surface area contributed by atoms with E-state index in [1.807, 2.05) is 47.4 Å². The molecule has 0 N–H and O–H groups in total. The van der Waals surface area contributed by atoms with Crippen LogP contribution in [-0.2, 0) is 6.54 Å². The third kappa shape index (κ3) is 5.14. The van der Waals surface area contributed by atoms with E-state index < -0.39 is 0 Å². The van der Waals surface area contributed by atoms with Gasteiger partial charge in [0.2, 0.25) is 0 Å². The second-order valence-corrected chi connectivity index (χ2v) is 8.78. The van der Waals surface area contributed by atoms with Gasteiger partial charge in [-0.05, 0) is 56.2 Å². The van der Waals surface area contributed by atoms with Gasteiger partial charge in [0, 0.05) is 47.5 Å². The molecule has 0 bridgehead atoms. The zero-order valence-electron chi connectivity index (χ0n) is 18.6. The van der Waals surface area contributed by atoms with Crippen LogP contribution in [0.4, 0.5) is 5.69 Å². The lowest BCUT2D eigenvalue weighted by Gasteiger charge is -2.39. The summed E-state index contributed by atoms with van der Waals surface area (Å²) < 4.78 is 5.51. The van der Waals surface area contributed by atoms with Crippen LogP contribution in [0.25, 0.3) is 0 Å². The van der Waals surface area contributed by atoms with Crippen LogP contribution in [0.15, 0.2) is 72.8 Å². The first-order valence-electron chi connectivity index (χ1n) is 11.0. The quantitative estimate of drug-likeness (QED) is 0.465. The number of benzene rings is 3. The molecule has 0 atom stereocenters. The minimum absolute atomic E-state index is 0.000434. The van der Waals surface area contributed by atoms with Crippen molar-refractivity contribution in [3.8, 4) is 5.75 Å². The van der Waals surface area contributed by atoms with Gasteiger partial charge in [0.1, 0.15) is 5.75 Å². The molecule has 4 rings (SSSR count). The number of para-hydroxylation sites is 1. The van der Waals surface area contributed by atoms with Gasteiger partial charge in [0.25, 0.3) is 5.91 Å². The predicted molar refractivity (Wildman–Crippen MR) is 131 cm³/mol. The van der Waals surface area contributed by atoms with Crippen LogP contribution in [0.3, 0.4) is 0 Å². The molecule has 0 spiro atoms. The van der Waals surface area contributed by atoms with Crippen LogP contribution in [0.1, 0.15) is 34.3 Å². The van der Waals surface area contributed by atoms with E-state index in [1.54, 1.807) is 19.2 Å². The Hall–Kier alpha value is -2.82. The molecule has 1 fully saturated rings. The highest BCUT2D eigenvalue weighted by Gasteiger charge is 2.30. The van der Waals surface area contributed by atoms with E-state index in [0.29, 0.717) is 10.6 Å². The Morgan fingerprint density at radius 2 is 1.75 bits per heavy atom. The highest BCUT2D eigenvalue weighted by molar-refractivity contribution is 6.31. The molecule has 32 heavy (non-hydrogen) atoms. The molecule has 1 heterocycles. The number of methoxy groups -OCH3 is 1. The Balaban J connectivity index is 1.52. The molecule has 0 aliphatic carbocycles. The second kappa shape index (κ2) is 10.2. The molecule has 1 aliphatic heterocycles. The lowest BCUT2D eigenvalue weighted by atomic mass is 9.99. The van der Waals surface area contributed by atoms with Crippen molar-refractivity contribution in [2.75, 3.05) is 25.1 Å². The largest absolute Gasteiger partial charge is 0.496 e. The van der Waals surface area contributed by atoms with E-state index in [1.165, 1.54) is 11.1 Å². The third-order valence-corrected chi connectivity index (χ3v) is 6.35. The number of halogens is 1. The van der Waals surface area contributed by atoms with E-state index in [0.717, 1.165) is 43.9 Å². The number of carbonyl (C=O) groups is 1. The van der Waals surface area contributed by atoms with E-state index in [4.69, 9.17) is 16.3 Å². The van der Waals surface area contributed by atoms with Gasteiger partial charge in [-0.15, -0.1) is 0 Å². The highest BCUT2D eigenvalue weighted by Crippen LogP contribution is 2.28. The monoisotopic (exact) mass is 448 g/mol. The van der Waals surface area contributed by atoms with Gasteiger partial charge in [0.05, 0.1) is 7.11 Å². The first-order valence-corrected chi connectivity index (χ1v) is 11.4. The van der Waals surface area contributed by atoms with Crippen LogP contribution in [0.2, 0.25) is 5.02 Å².